The predicted octanol–water partition coefficient (Wildman–Crippen LogP) is 1.91. The van der Waals surface area contributed by atoms with Crippen molar-refractivity contribution in [1.82, 2.24) is 5.32 Å². The number of hydrogen-bond acceptors (Lipinski definition) is 3. The molecule has 0 unspecified atom stereocenters. The zero-order valence-corrected chi connectivity index (χ0v) is 12.7. The molecule has 22 heavy (non-hydrogen) atoms. The second-order valence-corrected chi connectivity index (χ2v) is 6.29. The van der Waals surface area contributed by atoms with Gasteiger partial charge in [-0.2, -0.15) is 0 Å². The van der Waals surface area contributed by atoms with E-state index < -0.39 is 15.8 Å². The standard InChI is InChI=1S/C15H15FN2O3S/c1-17-15(19)10-11-2-6-13(7-3-11)18-22(20,21)14-8-4-12(16)5-9-14/h2-9,18H,10H2,1H3,(H,17,19). The van der Waals surface area contributed by atoms with Crippen LogP contribution in [0.2, 0.25) is 0 Å². The molecule has 2 N–H and O–H groups in total. The number of amides is 1. The van der Waals surface area contributed by atoms with Gasteiger partial charge in [0.1, 0.15) is 5.82 Å². The highest BCUT2D eigenvalue weighted by Gasteiger charge is 2.14. The number of carbonyl (C=O) groups excluding carboxylic acids is 1. The monoisotopic (exact) mass is 322 g/mol. The van der Waals surface area contributed by atoms with E-state index in [9.17, 15) is 17.6 Å². The molecule has 0 heterocycles. The summed E-state index contributed by atoms with van der Waals surface area (Å²) in [6.07, 6.45) is 0.224. The van der Waals surface area contributed by atoms with E-state index in [0.29, 0.717) is 5.69 Å². The van der Waals surface area contributed by atoms with Gasteiger partial charge in [-0.1, -0.05) is 12.1 Å². The minimum Gasteiger partial charge on any atom is -0.359 e. The Balaban J connectivity index is 2.13. The first kappa shape index (κ1) is 16.0. The average molecular weight is 322 g/mol. The van der Waals surface area contributed by atoms with E-state index in [-0.39, 0.29) is 17.2 Å². The maximum atomic E-state index is 12.8. The number of benzene rings is 2. The van der Waals surface area contributed by atoms with Crippen LogP contribution in [0.5, 0.6) is 0 Å². The Labute approximate surface area is 128 Å². The number of hydrogen-bond donors (Lipinski definition) is 2. The van der Waals surface area contributed by atoms with Crippen molar-refractivity contribution in [3.63, 3.8) is 0 Å². The van der Waals surface area contributed by atoms with Gasteiger partial charge in [-0.15, -0.1) is 0 Å². The Kier molecular flexibility index (Phi) is 4.77. The smallest absolute Gasteiger partial charge is 0.261 e. The summed E-state index contributed by atoms with van der Waals surface area (Å²) in [4.78, 5) is 11.2. The van der Waals surface area contributed by atoms with Crippen LogP contribution in [0.25, 0.3) is 0 Å². The van der Waals surface area contributed by atoms with Gasteiger partial charge in [-0.25, -0.2) is 12.8 Å². The molecular formula is C15H15FN2O3S. The molecule has 0 aliphatic heterocycles. The van der Waals surface area contributed by atoms with E-state index in [4.69, 9.17) is 0 Å². The third-order valence-electron chi connectivity index (χ3n) is 2.97. The minimum absolute atomic E-state index is 0.0247. The maximum absolute atomic E-state index is 12.8. The van der Waals surface area contributed by atoms with Crippen LogP contribution in [0, 0.1) is 5.82 Å². The molecule has 0 aliphatic carbocycles. The molecule has 116 valence electrons. The second-order valence-electron chi connectivity index (χ2n) is 4.61. The molecule has 2 aromatic carbocycles. The Bertz CT molecular complexity index is 756. The van der Waals surface area contributed by atoms with E-state index >= 15 is 0 Å². The lowest BCUT2D eigenvalue weighted by Gasteiger charge is -2.09. The summed E-state index contributed by atoms with van der Waals surface area (Å²) in [5, 5.41) is 2.51. The van der Waals surface area contributed by atoms with E-state index in [2.05, 4.69) is 10.0 Å². The highest BCUT2D eigenvalue weighted by atomic mass is 32.2. The van der Waals surface area contributed by atoms with Gasteiger partial charge >= 0.3 is 0 Å². The fraction of sp³-hybridized carbons (Fsp3) is 0.133. The van der Waals surface area contributed by atoms with Gasteiger partial charge in [-0.3, -0.25) is 9.52 Å². The van der Waals surface area contributed by atoms with Crippen LogP contribution in [0.1, 0.15) is 5.56 Å². The lowest BCUT2D eigenvalue weighted by atomic mass is 10.1. The topological polar surface area (TPSA) is 75.3 Å². The lowest BCUT2D eigenvalue weighted by molar-refractivity contribution is -0.119. The van der Waals surface area contributed by atoms with Gasteiger partial charge in [0.15, 0.2) is 0 Å². The molecule has 0 saturated heterocycles. The molecule has 0 spiro atoms. The van der Waals surface area contributed by atoms with Gasteiger partial charge in [0.05, 0.1) is 11.3 Å². The Morgan fingerprint density at radius 1 is 1.05 bits per heavy atom. The van der Waals surface area contributed by atoms with E-state index in [1.807, 2.05) is 0 Å². The number of sulfonamides is 1. The number of likely N-dealkylation sites (N-methyl/N-ethyl adjacent to an activating group) is 1. The third kappa shape index (κ3) is 4.05. The molecule has 0 atom stereocenters. The predicted molar refractivity (Wildman–Crippen MR) is 81.4 cm³/mol. The normalized spacial score (nSPS) is 11.0. The van der Waals surface area contributed by atoms with E-state index in [0.717, 1.165) is 17.7 Å². The number of rotatable bonds is 5. The molecule has 2 aromatic rings. The van der Waals surface area contributed by atoms with Crippen LogP contribution in [0.3, 0.4) is 0 Å². The van der Waals surface area contributed by atoms with Crippen molar-refractivity contribution >= 4 is 21.6 Å². The molecule has 0 saturated carbocycles. The molecule has 7 heteroatoms. The highest BCUT2D eigenvalue weighted by Crippen LogP contribution is 2.17. The second kappa shape index (κ2) is 6.57. The van der Waals surface area contributed by atoms with Crippen LogP contribution in [-0.2, 0) is 21.2 Å². The molecule has 0 aromatic heterocycles. The van der Waals surface area contributed by atoms with Crippen LogP contribution in [0.15, 0.2) is 53.4 Å². The molecule has 0 radical (unpaired) electrons. The SMILES string of the molecule is CNC(=O)Cc1ccc(NS(=O)(=O)c2ccc(F)cc2)cc1. The summed E-state index contributed by atoms with van der Waals surface area (Å²) < 4.78 is 39.5. The van der Waals surface area contributed by atoms with Crippen LogP contribution < -0.4 is 10.0 Å². The average Bonchev–Trinajstić information content (AvgIpc) is 2.49. The minimum atomic E-state index is -3.77. The van der Waals surface area contributed by atoms with Crippen molar-refractivity contribution in [1.29, 1.82) is 0 Å². The molecule has 0 bridgehead atoms. The Hall–Kier alpha value is -2.41. The molecule has 0 fully saturated rings. The molecule has 5 nitrogen and oxygen atoms in total. The van der Waals surface area contributed by atoms with Crippen LogP contribution >= 0.6 is 0 Å². The first-order valence-electron chi connectivity index (χ1n) is 6.48. The summed E-state index contributed by atoms with van der Waals surface area (Å²) in [6, 6.07) is 11.0. The third-order valence-corrected chi connectivity index (χ3v) is 4.37. The molecular weight excluding hydrogens is 307 g/mol. The van der Waals surface area contributed by atoms with Crippen molar-refractivity contribution in [2.75, 3.05) is 11.8 Å². The maximum Gasteiger partial charge on any atom is 0.261 e. The van der Waals surface area contributed by atoms with Gasteiger partial charge in [0.25, 0.3) is 10.0 Å². The van der Waals surface area contributed by atoms with Crippen molar-refractivity contribution in [3.05, 3.63) is 59.9 Å². The summed E-state index contributed by atoms with van der Waals surface area (Å²) in [6.45, 7) is 0. The van der Waals surface area contributed by atoms with E-state index in [1.54, 1.807) is 31.3 Å². The summed E-state index contributed by atoms with van der Waals surface area (Å²) in [5.41, 5.74) is 1.13. The zero-order chi connectivity index (χ0) is 16.2. The van der Waals surface area contributed by atoms with Gasteiger partial charge < -0.3 is 5.32 Å². The number of nitrogens with one attached hydrogen (secondary N) is 2. The van der Waals surface area contributed by atoms with Crippen molar-refractivity contribution in [2.45, 2.75) is 11.3 Å². The molecule has 2 rings (SSSR count). The Morgan fingerprint density at radius 2 is 1.64 bits per heavy atom. The fourth-order valence-corrected chi connectivity index (χ4v) is 2.85. The fourth-order valence-electron chi connectivity index (χ4n) is 1.79. The van der Waals surface area contributed by atoms with Crippen molar-refractivity contribution in [2.24, 2.45) is 0 Å². The lowest BCUT2D eigenvalue weighted by Crippen LogP contribution is -2.19. The quantitative estimate of drug-likeness (QED) is 0.883. The summed E-state index contributed by atoms with van der Waals surface area (Å²) >= 11 is 0. The largest absolute Gasteiger partial charge is 0.359 e. The van der Waals surface area contributed by atoms with Gasteiger partial charge in [0, 0.05) is 12.7 Å². The van der Waals surface area contributed by atoms with Crippen LogP contribution in [-0.4, -0.2) is 21.4 Å². The van der Waals surface area contributed by atoms with Crippen LogP contribution in [0.4, 0.5) is 10.1 Å². The Morgan fingerprint density at radius 3 is 2.18 bits per heavy atom. The zero-order valence-electron chi connectivity index (χ0n) is 11.8. The van der Waals surface area contributed by atoms with Gasteiger partial charge in [0.2, 0.25) is 5.91 Å². The molecule has 1 amide bonds. The van der Waals surface area contributed by atoms with E-state index in [1.165, 1.54) is 12.1 Å². The van der Waals surface area contributed by atoms with Crippen molar-refractivity contribution in [3.8, 4) is 0 Å². The first-order chi connectivity index (χ1) is 10.4. The number of carbonyl (C=O) groups is 1. The van der Waals surface area contributed by atoms with Gasteiger partial charge in [-0.05, 0) is 42.0 Å². The summed E-state index contributed by atoms with van der Waals surface area (Å²) in [5.74, 6) is -0.628. The summed E-state index contributed by atoms with van der Waals surface area (Å²) in [7, 11) is -2.22. The first-order valence-corrected chi connectivity index (χ1v) is 7.97. The number of halogens is 1. The molecule has 0 aliphatic rings. The van der Waals surface area contributed by atoms with Crippen molar-refractivity contribution < 1.29 is 17.6 Å². The highest BCUT2D eigenvalue weighted by molar-refractivity contribution is 7.92. The number of anilines is 1.